The van der Waals surface area contributed by atoms with E-state index in [-0.39, 0.29) is 5.76 Å². The molecule has 0 bridgehead atoms. The maximum Gasteiger partial charge on any atom is 0.295 e. The molecule has 0 fully saturated rings. The van der Waals surface area contributed by atoms with E-state index in [9.17, 15) is 8.78 Å². The Morgan fingerprint density at radius 3 is 2.33 bits per heavy atom. The molecule has 50 valence electrons. The molecular formula is C5H3F2IO. The van der Waals surface area contributed by atoms with Crippen LogP contribution in [0.1, 0.15) is 12.2 Å². The van der Waals surface area contributed by atoms with Crippen molar-refractivity contribution in [2.75, 3.05) is 0 Å². The van der Waals surface area contributed by atoms with Crippen LogP contribution in [0.4, 0.5) is 8.78 Å². The van der Waals surface area contributed by atoms with Crippen LogP contribution in [0.15, 0.2) is 16.5 Å². The Kier molecular flexibility index (Phi) is 2.05. The first-order valence-corrected chi connectivity index (χ1v) is 3.31. The van der Waals surface area contributed by atoms with E-state index in [4.69, 9.17) is 0 Å². The van der Waals surface area contributed by atoms with Crippen LogP contribution in [0.2, 0.25) is 0 Å². The summed E-state index contributed by atoms with van der Waals surface area (Å²) in [4.78, 5) is 0. The average molecular weight is 244 g/mol. The number of hydrogen-bond acceptors (Lipinski definition) is 1. The Morgan fingerprint density at radius 2 is 2.11 bits per heavy atom. The predicted octanol–water partition coefficient (Wildman–Crippen LogP) is 2.82. The van der Waals surface area contributed by atoms with Crippen molar-refractivity contribution in [3.8, 4) is 0 Å². The maximum absolute atomic E-state index is 11.7. The molecule has 0 N–H and O–H groups in total. The van der Waals surface area contributed by atoms with Gasteiger partial charge in [-0.2, -0.15) is 0 Å². The molecule has 1 aromatic rings. The van der Waals surface area contributed by atoms with Crippen molar-refractivity contribution in [2.24, 2.45) is 0 Å². The summed E-state index contributed by atoms with van der Waals surface area (Å²) >= 11 is 1.83. The number of alkyl halides is 2. The molecule has 0 aliphatic heterocycles. The van der Waals surface area contributed by atoms with E-state index in [0.717, 1.165) is 0 Å². The highest BCUT2D eigenvalue weighted by molar-refractivity contribution is 14.1. The smallest absolute Gasteiger partial charge is 0.295 e. The van der Waals surface area contributed by atoms with Gasteiger partial charge >= 0.3 is 0 Å². The molecule has 1 heterocycles. The van der Waals surface area contributed by atoms with Gasteiger partial charge in [-0.15, -0.1) is 0 Å². The summed E-state index contributed by atoms with van der Waals surface area (Å²) < 4.78 is 28.4. The molecule has 0 saturated carbocycles. The van der Waals surface area contributed by atoms with Gasteiger partial charge in [-0.1, -0.05) is 0 Å². The first kappa shape index (κ1) is 6.98. The van der Waals surface area contributed by atoms with Gasteiger partial charge < -0.3 is 4.42 Å². The summed E-state index contributed by atoms with van der Waals surface area (Å²) in [7, 11) is 0. The van der Waals surface area contributed by atoms with Crippen molar-refractivity contribution >= 4 is 22.6 Å². The zero-order chi connectivity index (χ0) is 6.85. The number of rotatable bonds is 1. The van der Waals surface area contributed by atoms with Crippen molar-refractivity contribution in [2.45, 2.75) is 6.43 Å². The van der Waals surface area contributed by atoms with Gasteiger partial charge in [0.15, 0.2) is 9.53 Å². The van der Waals surface area contributed by atoms with Gasteiger partial charge in [-0.3, -0.25) is 0 Å². The van der Waals surface area contributed by atoms with E-state index in [2.05, 4.69) is 4.42 Å². The normalized spacial score (nSPS) is 10.7. The second-order valence-corrected chi connectivity index (χ2v) is 2.51. The highest BCUT2D eigenvalue weighted by atomic mass is 127. The SMILES string of the molecule is FC(F)c1ccc(I)o1. The summed E-state index contributed by atoms with van der Waals surface area (Å²) in [5.41, 5.74) is 0. The third-order valence-corrected chi connectivity index (χ3v) is 1.39. The Morgan fingerprint density at radius 1 is 1.44 bits per heavy atom. The molecule has 0 amide bonds. The first-order valence-electron chi connectivity index (χ1n) is 2.23. The van der Waals surface area contributed by atoms with E-state index in [1.807, 2.05) is 22.6 Å². The van der Waals surface area contributed by atoms with E-state index < -0.39 is 6.43 Å². The van der Waals surface area contributed by atoms with E-state index in [0.29, 0.717) is 3.77 Å². The Labute approximate surface area is 64.2 Å². The summed E-state index contributed by atoms with van der Waals surface area (Å²) in [6, 6.07) is 2.77. The van der Waals surface area contributed by atoms with Gasteiger partial charge in [0.25, 0.3) is 6.43 Å². The molecule has 0 aliphatic carbocycles. The second kappa shape index (κ2) is 2.64. The minimum Gasteiger partial charge on any atom is -0.449 e. The molecule has 0 unspecified atom stereocenters. The molecule has 0 radical (unpaired) electrons. The van der Waals surface area contributed by atoms with Crippen LogP contribution in [-0.2, 0) is 0 Å². The van der Waals surface area contributed by atoms with Gasteiger partial charge in [0.2, 0.25) is 0 Å². The van der Waals surface area contributed by atoms with Crippen LogP contribution in [-0.4, -0.2) is 0 Å². The molecule has 1 aromatic heterocycles. The number of hydrogen-bond donors (Lipinski definition) is 0. The summed E-state index contributed by atoms with van der Waals surface area (Å²) in [5.74, 6) is -0.264. The minimum atomic E-state index is -2.49. The van der Waals surface area contributed by atoms with E-state index >= 15 is 0 Å². The molecule has 0 atom stereocenters. The Hall–Kier alpha value is -0.130. The molecule has 0 aromatic carbocycles. The molecular weight excluding hydrogens is 241 g/mol. The molecule has 4 heteroatoms. The lowest BCUT2D eigenvalue weighted by Crippen LogP contribution is -1.75. The quantitative estimate of drug-likeness (QED) is 0.692. The zero-order valence-electron chi connectivity index (χ0n) is 4.27. The van der Waals surface area contributed by atoms with Crippen LogP contribution in [0, 0.1) is 3.77 Å². The number of halogens is 3. The molecule has 1 nitrogen and oxygen atoms in total. The maximum atomic E-state index is 11.7. The van der Waals surface area contributed by atoms with E-state index in [1.165, 1.54) is 12.1 Å². The number of furan rings is 1. The molecule has 0 spiro atoms. The highest BCUT2D eigenvalue weighted by Crippen LogP contribution is 2.21. The van der Waals surface area contributed by atoms with Crippen LogP contribution < -0.4 is 0 Å². The van der Waals surface area contributed by atoms with E-state index in [1.54, 1.807) is 0 Å². The van der Waals surface area contributed by atoms with Crippen molar-refractivity contribution in [1.29, 1.82) is 0 Å². The fourth-order valence-corrected chi connectivity index (χ4v) is 0.880. The van der Waals surface area contributed by atoms with Crippen LogP contribution in [0.25, 0.3) is 0 Å². The van der Waals surface area contributed by atoms with Crippen LogP contribution in [0.5, 0.6) is 0 Å². The van der Waals surface area contributed by atoms with Gasteiger partial charge in [-0.05, 0) is 34.7 Å². The summed E-state index contributed by atoms with van der Waals surface area (Å²) in [6.07, 6.45) is -2.49. The minimum absolute atomic E-state index is 0.264. The molecule has 0 saturated heterocycles. The predicted molar refractivity (Wildman–Crippen MR) is 36.4 cm³/mol. The van der Waals surface area contributed by atoms with Crippen molar-refractivity contribution < 1.29 is 13.2 Å². The third kappa shape index (κ3) is 1.64. The average Bonchev–Trinajstić information content (AvgIpc) is 2.14. The monoisotopic (exact) mass is 244 g/mol. The Balaban J connectivity index is 2.85. The van der Waals surface area contributed by atoms with Gasteiger partial charge in [0, 0.05) is 0 Å². The topological polar surface area (TPSA) is 13.1 Å². The lowest BCUT2D eigenvalue weighted by atomic mass is 10.5. The van der Waals surface area contributed by atoms with Gasteiger partial charge in [-0.25, -0.2) is 8.78 Å². The highest BCUT2D eigenvalue weighted by Gasteiger charge is 2.10. The van der Waals surface area contributed by atoms with Crippen molar-refractivity contribution in [3.05, 3.63) is 21.7 Å². The fourth-order valence-electron chi connectivity index (χ4n) is 0.446. The largest absolute Gasteiger partial charge is 0.449 e. The lowest BCUT2D eigenvalue weighted by Gasteiger charge is -1.88. The van der Waals surface area contributed by atoms with Crippen molar-refractivity contribution in [1.82, 2.24) is 0 Å². The summed E-state index contributed by atoms with van der Waals surface area (Å²) in [6.45, 7) is 0. The standard InChI is InChI=1S/C5H3F2IO/c6-5(7)3-1-2-4(8)9-3/h1-2,5H. The van der Waals surface area contributed by atoms with Crippen molar-refractivity contribution in [3.63, 3.8) is 0 Å². The summed E-state index contributed by atoms with van der Waals surface area (Å²) in [5, 5.41) is 0. The third-order valence-electron chi connectivity index (χ3n) is 0.809. The molecule has 1 rings (SSSR count). The molecule has 0 aliphatic rings. The Bertz CT molecular complexity index is 197. The fraction of sp³-hybridized carbons (Fsp3) is 0.200. The van der Waals surface area contributed by atoms with Crippen LogP contribution >= 0.6 is 22.6 Å². The lowest BCUT2D eigenvalue weighted by molar-refractivity contribution is 0.120. The zero-order valence-corrected chi connectivity index (χ0v) is 6.43. The second-order valence-electron chi connectivity index (χ2n) is 1.44. The van der Waals surface area contributed by atoms with Gasteiger partial charge in [0.05, 0.1) is 0 Å². The first-order chi connectivity index (χ1) is 4.20. The molecule has 9 heavy (non-hydrogen) atoms. The van der Waals surface area contributed by atoms with Gasteiger partial charge in [0.1, 0.15) is 0 Å². The van der Waals surface area contributed by atoms with Crippen LogP contribution in [0.3, 0.4) is 0 Å².